The molecular weight excluding hydrogens is 142 g/mol. The van der Waals surface area contributed by atoms with Crippen LogP contribution in [0.1, 0.15) is 41.5 Å². The maximum atomic E-state index is 2.39. The highest BCUT2D eigenvalue weighted by Crippen LogP contribution is 2.49. The molecule has 12 heavy (non-hydrogen) atoms. The summed E-state index contributed by atoms with van der Waals surface area (Å²) < 4.78 is 0. The Morgan fingerprint density at radius 2 is 1.17 bits per heavy atom. The van der Waals surface area contributed by atoms with Crippen LogP contribution < -0.4 is 0 Å². The van der Waals surface area contributed by atoms with Crippen LogP contribution in [0.4, 0.5) is 0 Å². The molecule has 0 atom stereocenters. The third-order valence-corrected chi connectivity index (χ3v) is 4.55. The Balaban J connectivity index is 4.75. The van der Waals surface area contributed by atoms with Gasteiger partial charge in [0, 0.05) is 0 Å². The molecule has 0 aliphatic heterocycles. The zero-order valence-electron chi connectivity index (χ0n) is 10.2. The van der Waals surface area contributed by atoms with Crippen molar-refractivity contribution in [2.45, 2.75) is 47.3 Å². The van der Waals surface area contributed by atoms with Crippen LogP contribution in [0.15, 0.2) is 0 Å². The lowest BCUT2D eigenvalue weighted by Crippen LogP contribution is -2.40. The van der Waals surface area contributed by atoms with E-state index in [0.717, 1.165) is 11.6 Å². The fraction of sp³-hybridized carbons (Fsp3) is 1.00. The molecule has 0 heterocycles. The van der Waals surface area contributed by atoms with Gasteiger partial charge in [0.05, 0.1) is 15.7 Å². The molecule has 0 radical (unpaired) electrons. The van der Waals surface area contributed by atoms with Crippen molar-refractivity contribution in [1.82, 2.24) is 0 Å². The normalized spacial score (nSPS) is 14.3. The second-order valence-electron chi connectivity index (χ2n) is 5.75. The lowest BCUT2D eigenvalue weighted by molar-refractivity contribution is 0.0662. The summed E-state index contributed by atoms with van der Waals surface area (Å²) in [5.74, 6) is 0.745. The van der Waals surface area contributed by atoms with Crippen LogP contribution in [0, 0.1) is 16.7 Å². The van der Waals surface area contributed by atoms with Crippen molar-refractivity contribution < 1.29 is 0 Å². The zero-order valence-corrected chi connectivity index (χ0v) is 10.2. The van der Waals surface area contributed by atoms with Crippen LogP contribution in [-0.4, -0.2) is 15.7 Å². The number of hydrogen-bond acceptors (Lipinski definition) is 0. The Kier molecular flexibility index (Phi) is 3.51. The average Bonchev–Trinajstić information content (AvgIpc) is 1.86. The molecule has 0 spiro atoms. The van der Waals surface area contributed by atoms with Gasteiger partial charge in [0.2, 0.25) is 0 Å². The molecule has 0 N–H and O–H groups in total. The molecule has 0 aliphatic carbocycles. The second kappa shape index (κ2) is 3.47. The largest absolute Gasteiger partial charge is 0.0963 e. The van der Waals surface area contributed by atoms with Crippen molar-refractivity contribution in [3.63, 3.8) is 0 Å². The minimum absolute atomic E-state index is 0.418. The predicted octanol–water partition coefficient (Wildman–Crippen LogP) is 1.71. The van der Waals surface area contributed by atoms with Crippen LogP contribution in [0.2, 0.25) is 5.72 Å². The van der Waals surface area contributed by atoms with Gasteiger partial charge < -0.3 is 0 Å². The first kappa shape index (κ1) is 12.1. The van der Waals surface area contributed by atoms with Crippen molar-refractivity contribution in [3.8, 4) is 0 Å². The van der Waals surface area contributed by atoms with E-state index in [1.165, 1.54) is 0 Å². The first-order chi connectivity index (χ1) is 5.14. The molecule has 0 bridgehead atoms. The molecule has 0 aliphatic rings. The zero-order chi connectivity index (χ0) is 10.2. The summed E-state index contributed by atoms with van der Waals surface area (Å²) in [5, 5.41) is 0. The molecule has 0 aromatic heterocycles. The lowest BCUT2D eigenvalue weighted by Gasteiger charge is -2.48. The van der Waals surface area contributed by atoms with E-state index >= 15 is 0 Å². The standard InChI is InChI=1S/C10H24B2/c1-7(2)9(3,4)10(5,6)8(11)12/h7-8H,11-12H2,1-6H3. The smallest absolute Gasteiger partial charge is 0.0904 e. The van der Waals surface area contributed by atoms with Crippen molar-refractivity contribution >= 4 is 15.7 Å². The molecule has 0 rings (SSSR count). The highest BCUT2D eigenvalue weighted by molar-refractivity contribution is 6.36. The van der Waals surface area contributed by atoms with E-state index < -0.39 is 0 Å². The molecule has 0 unspecified atom stereocenters. The Bertz CT molecular complexity index is 128. The average molecular weight is 166 g/mol. The van der Waals surface area contributed by atoms with Gasteiger partial charge in [0.25, 0.3) is 0 Å². The van der Waals surface area contributed by atoms with E-state index in [1.54, 1.807) is 0 Å². The highest BCUT2D eigenvalue weighted by atomic mass is 14.4. The minimum Gasteiger partial charge on any atom is -0.0904 e. The van der Waals surface area contributed by atoms with Gasteiger partial charge in [-0.2, -0.15) is 0 Å². The quantitative estimate of drug-likeness (QED) is 0.559. The van der Waals surface area contributed by atoms with Gasteiger partial charge in [-0.15, -0.1) is 0 Å². The highest BCUT2D eigenvalue weighted by Gasteiger charge is 2.40. The topological polar surface area (TPSA) is 0 Å². The van der Waals surface area contributed by atoms with Gasteiger partial charge in [-0.25, -0.2) is 0 Å². The summed E-state index contributed by atoms with van der Waals surface area (Å²) in [6.45, 7) is 14.2. The molecular formula is C10H24B2. The fourth-order valence-corrected chi connectivity index (χ4v) is 1.49. The molecule has 0 saturated carbocycles. The molecule has 2 heteroatoms. The van der Waals surface area contributed by atoms with Gasteiger partial charge in [-0.05, 0) is 16.7 Å². The molecule has 0 nitrogen and oxygen atoms in total. The minimum atomic E-state index is 0.418. The summed E-state index contributed by atoms with van der Waals surface area (Å²) >= 11 is 0. The van der Waals surface area contributed by atoms with Crippen molar-refractivity contribution in [2.75, 3.05) is 0 Å². The molecule has 0 amide bonds. The maximum Gasteiger partial charge on any atom is 0.0963 e. The second-order valence-corrected chi connectivity index (χ2v) is 5.75. The van der Waals surface area contributed by atoms with E-state index in [0.29, 0.717) is 10.8 Å². The van der Waals surface area contributed by atoms with Gasteiger partial charge >= 0.3 is 0 Å². The summed E-state index contributed by atoms with van der Waals surface area (Å²) in [6.07, 6.45) is 0. The predicted molar refractivity (Wildman–Crippen MR) is 63.2 cm³/mol. The van der Waals surface area contributed by atoms with E-state index in [9.17, 15) is 0 Å². The van der Waals surface area contributed by atoms with Crippen molar-refractivity contribution in [3.05, 3.63) is 0 Å². The Morgan fingerprint density at radius 3 is 1.25 bits per heavy atom. The van der Waals surface area contributed by atoms with Gasteiger partial charge in [-0.3, -0.25) is 0 Å². The van der Waals surface area contributed by atoms with E-state index in [2.05, 4.69) is 57.2 Å². The third-order valence-electron chi connectivity index (χ3n) is 4.55. The van der Waals surface area contributed by atoms with Crippen LogP contribution in [0.3, 0.4) is 0 Å². The fourth-order valence-electron chi connectivity index (χ4n) is 1.49. The lowest BCUT2D eigenvalue weighted by atomic mass is 9.46. The van der Waals surface area contributed by atoms with Crippen LogP contribution in [-0.2, 0) is 0 Å². The molecule has 70 valence electrons. The Labute approximate surface area is 80.3 Å². The monoisotopic (exact) mass is 166 g/mol. The van der Waals surface area contributed by atoms with Crippen molar-refractivity contribution in [1.29, 1.82) is 0 Å². The molecule has 0 fully saturated rings. The Morgan fingerprint density at radius 1 is 0.833 bits per heavy atom. The third kappa shape index (κ3) is 1.89. The number of hydrogen-bond donors (Lipinski definition) is 0. The van der Waals surface area contributed by atoms with E-state index in [4.69, 9.17) is 0 Å². The van der Waals surface area contributed by atoms with Gasteiger partial charge in [0.1, 0.15) is 0 Å². The SMILES string of the molecule is BC(B)C(C)(C)C(C)(C)C(C)C. The van der Waals surface area contributed by atoms with E-state index in [-0.39, 0.29) is 0 Å². The first-order valence-corrected chi connectivity index (χ1v) is 5.14. The molecule has 0 aromatic rings. The van der Waals surface area contributed by atoms with Crippen LogP contribution in [0.25, 0.3) is 0 Å². The van der Waals surface area contributed by atoms with E-state index in [1.807, 2.05) is 0 Å². The van der Waals surface area contributed by atoms with Gasteiger partial charge in [0.15, 0.2) is 0 Å². The number of rotatable bonds is 3. The Hall–Kier alpha value is 0.130. The van der Waals surface area contributed by atoms with Gasteiger partial charge in [-0.1, -0.05) is 47.3 Å². The summed E-state index contributed by atoms with van der Waals surface area (Å²) in [4.78, 5) is 0. The maximum absolute atomic E-state index is 2.39. The molecule has 0 aromatic carbocycles. The summed E-state index contributed by atoms with van der Waals surface area (Å²) in [5.41, 5.74) is 1.58. The summed E-state index contributed by atoms with van der Waals surface area (Å²) in [6, 6.07) is 0. The van der Waals surface area contributed by atoms with Crippen molar-refractivity contribution in [2.24, 2.45) is 16.7 Å². The summed E-state index contributed by atoms with van der Waals surface area (Å²) in [7, 11) is 4.65. The molecule has 0 saturated heterocycles. The first-order valence-electron chi connectivity index (χ1n) is 5.14. The van der Waals surface area contributed by atoms with Crippen LogP contribution >= 0.6 is 0 Å². The van der Waals surface area contributed by atoms with Crippen LogP contribution in [0.5, 0.6) is 0 Å².